The van der Waals surface area contributed by atoms with Crippen LogP contribution in [-0.4, -0.2) is 70.4 Å². The van der Waals surface area contributed by atoms with Crippen molar-refractivity contribution in [2.75, 3.05) is 27.2 Å². The third-order valence-electron chi connectivity index (χ3n) is 5.50. The highest BCUT2D eigenvalue weighted by Gasteiger charge is 2.55. The lowest BCUT2D eigenvalue weighted by molar-refractivity contribution is -0.145. The Labute approximate surface area is 146 Å². The van der Waals surface area contributed by atoms with Gasteiger partial charge in [-0.2, -0.15) is 0 Å². The van der Waals surface area contributed by atoms with Crippen LogP contribution in [-0.2, 0) is 9.59 Å². The Morgan fingerprint density at radius 3 is 2.32 bits per heavy atom. The fraction of sp³-hybridized carbons (Fsp3) is 0.500. The molecular formula is C18H23N3O4. The van der Waals surface area contributed by atoms with E-state index in [-0.39, 0.29) is 11.9 Å². The molecule has 0 aromatic heterocycles. The van der Waals surface area contributed by atoms with E-state index in [0.717, 1.165) is 16.0 Å². The summed E-state index contributed by atoms with van der Waals surface area (Å²) in [5, 5.41) is 9.73. The summed E-state index contributed by atoms with van der Waals surface area (Å²) in [5.74, 6) is -1.09. The molecule has 2 fully saturated rings. The molecule has 1 spiro atoms. The average Bonchev–Trinajstić information content (AvgIpc) is 2.73. The van der Waals surface area contributed by atoms with Gasteiger partial charge >= 0.3 is 12.0 Å². The van der Waals surface area contributed by atoms with Crippen LogP contribution in [0, 0.1) is 6.92 Å². The minimum Gasteiger partial charge on any atom is -0.480 e. The van der Waals surface area contributed by atoms with Gasteiger partial charge in [0.2, 0.25) is 0 Å². The van der Waals surface area contributed by atoms with E-state index in [1.165, 1.54) is 11.9 Å². The molecule has 2 aliphatic heterocycles. The Balaban J connectivity index is 1.82. The number of carbonyl (C=O) groups is 3. The maximum atomic E-state index is 12.6. The van der Waals surface area contributed by atoms with Crippen molar-refractivity contribution in [3.05, 3.63) is 35.4 Å². The molecule has 1 atom stereocenters. The van der Waals surface area contributed by atoms with E-state index in [1.807, 2.05) is 36.1 Å². The summed E-state index contributed by atoms with van der Waals surface area (Å²) < 4.78 is 0. The lowest BCUT2D eigenvalue weighted by Gasteiger charge is -2.42. The quantitative estimate of drug-likeness (QED) is 0.839. The third kappa shape index (κ3) is 2.68. The van der Waals surface area contributed by atoms with Gasteiger partial charge in [-0.1, -0.05) is 29.8 Å². The molecule has 0 radical (unpaired) electrons. The van der Waals surface area contributed by atoms with Crippen molar-refractivity contribution >= 4 is 17.9 Å². The van der Waals surface area contributed by atoms with Crippen molar-refractivity contribution in [2.45, 2.75) is 31.3 Å². The van der Waals surface area contributed by atoms with Crippen LogP contribution < -0.4 is 0 Å². The molecule has 7 nitrogen and oxygen atoms in total. The lowest BCUT2D eigenvalue weighted by atomic mass is 9.85. The average molecular weight is 345 g/mol. The van der Waals surface area contributed by atoms with Crippen LogP contribution in [0.15, 0.2) is 24.3 Å². The predicted molar refractivity (Wildman–Crippen MR) is 91.0 cm³/mol. The monoisotopic (exact) mass is 345 g/mol. The smallest absolute Gasteiger partial charge is 0.327 e. The molecule has 1 aromatic carbocycles. The minimum absolute atomic E-state index is 0.193. The number of imide groups is 1. The first-order chi connectivity index (χ1) is 11.8. The second-order valence-corrected chi connectivity index (χ2v) is 6.93. The number of benzene rings is 1. The Bertz CT molecular complexity index is 725. The second-order valence-electron chi connectivity index (χ2n) is 6.93. The summed E-state index contributed by atoms with van der Waals surface area (Å²) in [6, 6.07) is 6.45. The number of urea groups is 1. The number of hydrogen-bond donors (Lipinski definition) is 1. The Kier molecular flexibility index (Phi) is 4.28. The number of carboxylic acids is 1. The SMILES string of the molecule is Cc1cccc(C(C(=O)O)N2CCC3(CC2)C(=O)N(C)C(=O)N3C)c1. The first-order valence-corrected chi connectivity index (χ1v) is 8.37. The molecule has 0 bridgehead atoms. The first-order valence-electron chi connectivity index (χ1n) is 8.37. The Hall–Kier alpha value is -2.41. The van der Waals surface area contributed by atoms with E-state index in [0.29, 0.717) is 25.9 Å². The summed E-state index contributed by atoms with van der Waals surface area (Å²) in [6.07, 6.45) is 0.877. The van der Waals surface area contributed by atoms with Gasteiger partial charge in [-0.05, 0) is 25.3 Å². The van der Waals surface area contributed by atoms with Gasteiger partial charge in [-0.3, -0.25) is 19.4 Å². The molecule has 2 saturated heterocycles. The summed E-state index contributed by atoms with van der Waals surface area (Å²) in [4.78, 5) is 41.1. The maximum absolute atomic E-state index is 12.6. The number of aryl methyl sites for hydroxylation is 1. The van der Waals surface area contributed by atoms with E-state index < -0.39 is 17.6 Å². The predicted octanol–water partition coefficient (Wildman–Crippen LogP) is 1.48. The van der Waals surface area contributed by atoms with Crippen LogP contribution in [0.25, 0.3) is 0 Å². The molecule has 2 heterocycles. The highest BCUT2D eigenvalue weighted by molar-refractivity contribution is 6.06. The molecule has 2 aliphatic rings. The van der Waals surface area contributed by atoms with Crippen molar-refractivity contribution in [3.8, 4) is 0 Å². The highest BCUT2D eigenvalue weighted by Crippen LogP contribution is 2.37. The molecule has 7 heteroatoms. The van der Waals surface area contributed by atoms with Crippen LogP contribution in [0.2, 0.25) is 0 Å². The second kappa shape index (κ2) is 6.15. The zero-order chi connectivity index (χ0) is 18.4. The first kappa shape index (κ1) is 17.4. The summed E-state index contributed by atoms with van der Waals surface area (Å²) in [7, 11) is 3.14. The number of amides is 3. The highest BCUT2D eigenvalue weighted by atomic mass is 16.4. The van der Waals surface area contributed by atoms with Gasteiger partial charge in [0.25, 0.3) is 5.91 Å². The van der Waals surface area contributed by atoms with Gasteiger partial charge in [0.05, 0.1) is 0 Å². The van der Waals surface area contributed by atoms with Crippen LogP contribution in [0.1, 0.15) is 30.0 Å². The van der Waals surface area contributed by atoms with Gasteiger partial charge in [0, 0.05) is 27.2 Å². The lowest BCUT2D eigenvalue weighted by Crippen LogP contribution is -2.56. The van der Waals surface area contributed by atoms with Crippen molar-refractivity contribution in [1.29, 1.82) is 0 Å². The molecule has 1 aromatic rings. The molecule has 0 saturated carbocycles. The number of hydrogen-bond acceptors (Lipinski definition) is 4. The standard InChI is InChI=1S/C18H23N3O4/c1-12-5-4-6-13(11-12)14(15(22)23)21-9-7-18(8-10-21)16(24)19(2)17(25)20(18)3/h4-6,11,14H,7-10H2,1-3H3,(H,22,23). The number of nitrogens with zero attached hydrogens (tertiary/aromatic N) is 3. The topological polar surface area (TPSA) is 81.2 Å². The van der Waals surface area contributed by atoms with Gasteiger partial charge in [-0.25, -0.2) is 4.79 Å². The largest absolute Gasteiger partial charge is 0.480 e. The van der Waals surface area contributed by atoms with Crippen LogP contribution in [0.5, 0.6) is 0 Å². The van der Waals surface area contributed by atoms with Crippen molar-refractivity contribution in [3.63, 3.8) is 0 Å². The fourth-order valence-corrected chi connectivity index (χ4v) is 4.00. The van der Waals surface area contributed by atoms with Gasteiger partial charge < -0.3 is 10.0 Å². The van der Waals surface area contributed by atoms with Gasteiger partial charge in [-0.15, -0.1) is 0 Å². The molecule has 1 N–H and O–H groups in total. The third-order valence-corrected chi connectivity index (χ3v) is 5.50. The van der Waals surface area contributed by atoms with Crippen LogP contribution >= 0.6 is 0 Å². The van der Waals surface area contributed by atoms with Crippen LogP contribution in [0.3, 0.4) is 0 Å². The summed E-state index contributed by atoms with van der Waals surface area (Å²) in [5.41, 5.74) is 0.913. The van der Waals surface area contributed by atoms with E-state index in [1.54, 1.807) is 7.05 Å². The number of carboxylic acid groups (broad SMARTS) is 1. The van der Waals surface area contributed by atoms with E-state index in [2.05, 4.69) is 0 Å². The Morgan fingerprint density at radius 2 is 1.84 bits per heavy atom. The van der Waals surface area contributed by atoms with Crippen LogP contribution in [0.4, 0.5) is 4.79 Å². The molecule has 3 amide bonds. The number of aliphatic carboxylic acids is 1. The number of piperidine rings is 1. The molecule has 0 aliphatic carbocycles. The zero-order valence-electron chi connectivity index (χ0n) is 14.7. The van der Waals surface area contributed by atoms with Crippen molar-refractivity contribution in [1.82, 2.24) is 14.7 Å². The summed E-state index contributed by atoms with van der Waals surface area (Å²) >= 11 is 0. The number of likely N-dealkylation sites (tertiary alicyclic amines) is 1. The van der Waals surface area contributed by atoms with Crippen molar-refractivity contribution < 1.29 is 19.5 Å². The van der Waals surface area contributed by atoms with E-state index in [4.69, 9.17) is 0 Å². The number of carbonyl (C=O) groups excluding carboxylic acids is 2. The zero-order valence-corrected chi connectivity index (χ0v) is 14.7. The normalized spacial score (nSPS) is 21.9. The minimum atomic E-state index is -0.902. The molecule has 25 heavy (non-hydrogen) atoms. The van der Waals surface area contributed by atoms with E-state index >= 15 is 0 Å². The molecule has 1 unspecified atom stereocenters. The molecule has 134 valence electrons. The number of likely N-dealkylation sites (N-methyl/N-ethyl adjacent to an activating group) is 2. The van der Waals surface area contributed by atoms with Crippen molar-refractivity contribution in [2.24, 2.45) is 0 Å². The fourth-order valence-electron chi connectivity index (χ4n) is 4.00. The maximum Gasteiger partial charge on any atom is 0.327 e. The summed E-state index contributed by atoms with van der Waals surface area (Å²) in [6.45, 7) is 2.82. The molecular weight excluding hydrogens is 322 g/mol. The van der Waals surface area contributed by atoms with Gasteiger partial charge in [0.15, 0.2) is 0 Å². The van der Waals surface area contributed by atoms with E-state index in [9.17, 15) is 19.5 Å². The number of rotatable bonds is 3. The van der Waals surface area contributed by atoms with Gasteiger partial charge in [0.1, 0.15) is 11.6 Å². The molecule has 3 rings (SSSR count). The Morgan fingerprint density at radius 1 is 1.20 bits per heavy atom.